The molecular weight excluding hydrogens is 312 g/mol. The lowest BCUT2D eigenvalue weighted by Gasteiger charge is -2.08. The van der Waals surface area contributed by atoms with Gasteiger partial charge in [-0.05, 0) is 37.1 Å². The molecule has 4 rings (SSSR count). The molecule has 0 saturated carbocycles. The first-order chi connectivity index (χ1) is 12.1. The van der Waals surface area contributed by atoms with E-state index in [0.717, 1.165) is 16.8 Å². The number of aryl methyl sites for hydroxylation is 1. The number of rotatable bonds is 3. The van der Waals surface area contributed by atoms with Gasteiger partial charge in [0.2, 0.25) is 5.89 Å². The largest absolute Gasteiger partial charge is 0.403 e. The molecule has 0 saturated heterocycles. The van der Waals surface area contributed by atoms with Crippen molar-refractivity contribution >= 4 is 11.0 Å². The first kappa shape index (κ1) is 15.4. The fourth-order valence-corrected chi connectivity index (χ4v) is 3.13. The van der Waals surface area contributed by atoms with Crippen molar-refractivity contribution in [1.82, 2.24) is 9.55 Å². The minimum Gasteiger partial charge on any atom is -0.403 e. The highest BCUT2D eigenvalue weighted by Gasteiger charge is 2.18. The zero-order valence-corrected chi connectivity index (χ0v) is 14.2. The Morgan fingerprint density at radius 3 is 2.28 bits per heavy atom. The molecule has 0 aliphatic carbocycles. The first-order valence-electron chi connectivity index (χ1n) is 8.25. The molecule has 0 radical (unpaired) electrons. The summed E-state index contributed by atoms with van der Waals surface area (Å²) in [6, 6.07) is 19.7. The van der Waals surface area contributed by atoms with Crippen molar-refractivity contribution in [3.05, 3.63) is 87.9 Å². The van der Waals surface area contributed by atoms with Crippen molar-refractivity contribution in [2.45, 2.75) is 20.4 Å². The number of nitrogens with zero attached hydrogens (tertiary/aromatic N) is 2. The zero-order chi connectivity index (χ0) is 17.4. The summed E-state index contributed by atoms with van der Waals surface area (Å²) in [7, 11) is 0. The molecule has 0 atom stereocenters. The van der Waals surface area contributed by atoms with E-state index in [4.69, 9.17) is 4.42 Å². The second-order valence-corrected chi connectivity index (χ2v) is 6.15. The van der Waals surface area contributed by atoms with Crippen LogP contribution in [0.25, 0.3) is 22.5 Å². The van der Waals surface area contributed by atoms with Crippen molar-refractivity contribution in [3.8, 4) is 11.5 Å². The lowest BCUT2D eigenvalue weighted by molar-refractivity contribution is 0.517. The van der Waals surface area contributed by atoms with E-state index in [1.54, 1.807) is 0 Å². The van der Waals surface area contributed by atoms with Crippen LogP contribution in [0.15, 0.2) is 69.9 Å². The third-order valence-electron chi connectivity index (χ3n) is 4.61. The maximum Gasteiger partial charge on any atom is 0.349 e. The molecule has 2 aromatic carbocycles. The Balaban J connectivity index is 1.95. The number of hydrogen-bond acceptors (Lipinski definition) is 3. The summed E-state index contributed by atoms with van der Waals surface area (Å²) in [6.07, 6.45) is 0. The minimum absolute atomic E-state index is 0.337. The third kappa shape index (κ3) is 2.66. The van der Waals surface area contributed by atoms with Gasteiger partial charge in [-0.25, -0.2) is 4.79 Å². The standard InChI is InChI=1S/C21H18N2O2/c1-14-15(2)23(13-16-9-5-3-6-10-16)19-18(14)21(24)25-20(22-19)17-11-7-4-8-12-17/h3-12H,13H2,1-2H3. The normalized spacial score (nSPS) is 11.1. The summed E-state index contributed by atoms with van der Waals surface area (Å²) in [5, 5.41) is 0.563. The molecule has 2 aromatic heterocycles. The van der Waals surface area contributed by atoms with E-state index in [0.29, 0.717) is 23.5 Å². The Labute approximate surface area is 145 Å². The lowest BCUT2D eigenvalue weighted by Crippen LogP contribution is -2.06. The van der Waals surface area contributed by atoms with E-state index < -0.39 is 0 Å². The molecule has 0 N–H and O–H groups in total. The Bertz CT molecular complexity index is 1090. The molecule has 0 fully saturated rings. The van der Waals surface area contributed by atoms with Gasteiger partial charge in [0.05, 0.1) is 0 Å². The predicted octanol–water partition coefficient (Wildman–Crippen LogP) is 4.32. The van der Waals surface area contributed by atoms with E-state index in [-0.39, 0.29) is 5.63 Å². The minimum atomic E-state index is -0.337. The first-order valence-corrected chi connectivity index (χ1v) is 8.25. The highest BCUT2D eigenvalue weighted by atomic mass is 16.4. The van der Waals surface area contributed by atoms with Gasteiger partial charge in [-0.15, -0.1) is 0 Å². The summed E-state index contributed by atoms with van der Waals surface area (Å²) in [4.78, 5) is 17.3. The van der Waals surface area contributed by atoms with Crippen LogP contribution >= 0.6 is 0 Å². The van der Waals surface area contributed by atoms with E-state index in [2.05, 4.69) is 21.7 Å². The van der Waals surface area contributed by atoms with Crippen LogP contribution in [0, 0.1) is 13.8 Å². The molecule has 2 heterocycles. The second kappa shape index (κ2) is 6.06. The number of aromatic nitrogens is 2. The number of fused-ring (bicyclic) bond motifs is 1. The molecule has 0 bridgehead atoms. The van der Waals surface area contributed by atoms with Crippen LogP contribution in [0.3, 0.4) is 0 Å². The van der Waals surface area contributed by atoms with Gasteiger partial charge >= 0.3 is 5.63 Å². The van der Waals surface area contributed by atoms with Crippen LogP contribution < -0.4 is 5.63 Å². The van der Waals surface area contributed by atoms with Crippen LogP contribution in [-0.4, -0.2) is 9.55 Å². The van der Waals surface area contributed by atoms with Crippen molar-refractivity contribution < 1.29 is 4.42 Å². The van der Waals surface area contributed by atoms with Crippen LogP contribution in [-0.2, 0) is 6.54 Å². The summed E-state index contributed by atoms with van der Waals surface area (Å²) in [5.74, 6) is 0.352. The van der Waals surface area contributed by atoms with Gasteiger partial charge < -0.3 is 8.98 Å². The quantitative estimate of drug-likeness (QED) is 0.562. The predicted molar refractivity (Wildman–Crippen MR) is 98.7 cm³/mol. The van der Waals surface area contributed by atoms with Crippen LogP contribution in [0.4, 0.5) is 0 Å². The summed E-state index contributed by atoms with van der Waals surface area (Å²) < 4.78 is 7.58. The summed E-state index contributed by atoms with van der Waals surface area (Å²) in [6.45, 7) is 4.63. The molecule has 0 amide bonds. The Morgan fingerprint density at radius 2 is 1.60 bits per heavy atom. The maximum atomic E-state index is 12.6. The molecule has 0 aliphatic heterocycles. The topological polar surface area (TPSA) is 48.0 Å². The van der Waals surface area contributed by atoms with Gasteiger partial charge in [0.25, 0.3) is 0 Å². The SMILES string of the molecule is Cc1c(C)n(Cc2ccccc2)c2nc(-c3ccccc3)oc(=O)c12. The average Bonchev–Trinajstić information content (AvgIpc) is 2.88. The zero-order valence-electron chi connectivity index (χ0n) is 14.2. The Kier molecular flexibility index (Phi) is 3.73. The van der Waals surface area contributed by atoms with Crippen molar-refractivity contribution in [1.29, 1.82) is 0 Å². The van der Waals surface area contributed by atoms with Crippen LogP contribution in [0.2, 0.25) is 0 Å². The molecule has 124 valence electrons. The highest BCUT2D eigenvalue weighted by Crippen LogP contribution is 2.25. The average molecular weight is 330 g/mol. The Hall–Kier alpha value is -3.14. The monoisotopic (exact) mass is 330 g/mol. The third-order valence-corrected chi connectivity index (χ3v) is 4.61. The number of hydrogen-bond donors (Lipinski definition) is 0. The Morgan fingerprint density at radius 1 is 0.960 bits per heavy atom. The van der Waals surface area contributed by atoms with E-state index >= 15 is 0 Å². The molecule has 0 spiro atoms. The van der Waals surface area contributed by atoms with Crippen molar-refractivity contribution in [3.63, 3.8) is 0 Å². The van der Waals surface area contributed by atoms with Gasteiger partial charge in [0, 0.05) is 17.8 Å². The second-order valence-electron chi connectivity index (χ2n) is 6.15. The van der Waals surface area contributed by atoms with Gasteiger partial charge in [0.1, 0.15) is 5.39 Å². The molecule has 0 aliphatic rings. The van der Waals surface area contributed by atoms with Crippen molar-refractivity contribution in [2.75, 3.05) is 0 Å². The molecule has 0 unspecified atom stereocenters. The van der Waals surface area contributed by atoms with Gasteiger partial charge in [-0.3, -0.25) is 0 Å². The van der Waals surface area contributed by atoms with Crippen LogP contribution in [0.5, 0.6) is 0 Å². The van der Waals surface area contributed by atoms with Gasteiger partial charge in [-0.1, -0.05) is 48.5 Å². The smallest absolute Gasteiger partial charge is 0.349 e. The molecule has 4 aromatic rings. The molecule has 4 heteroatoms. The maximum absolute atomic E-state index is 12.6. The summed E-state index contributed by atoms with van der Waals surface area (Å²) >= 11 is 0. The summed E-state index contributed by atoms with van der Waals surface area (Å²) in [5.41, 5.74) is 4.25. The van der Waals surface area contributed by atoms with Crippen LogP contribution in [0.1, 0.15) is 16.8 Å². The lowest BCUT2D eigenvalue weighted by atomic mass is 10.2. The number of benzene rings is 2. The highest BCUT2D eigenvalue weighted by molar-refractivity contribution is 5.82. The molecular formula is C21H18N2O2. The molecule has 25 heavy (non-hydrogen) atoms. The fraction of sp³-hybridized carbons (Fsp3) is 0.143. The van der Waals surface area contributed by atoms with Crippen molar-refractivity contribution in [2.24, 2.45) is 0 Å². The molecule has 4 nitrogen and oxygen atoms in total. The van der Waals surface area contributed by atoms with E-state index in [1.807, 2.05) is 62.4 Å². The van der Waals surface area contributed by atoms with Gasteiger partial charge in [0.15, 0.2) is 5.65 Å². The van der Waals surface area contributed by atoms with Gasteiger partial charge in [-0.2, -0.15) is 4.98 Å². The fourth-order valence-electron chi connectivity index (χ4n) is 3.13. The van der Waals surface area contributed by atoms with E-state index in [9.17, 15) is 4.79 Å². The van der Waals surface area contributed by atoms with E-state index in [1.165, 1.54) is 5.56 Å².